The molecule has 0 heterocycles. The standard InChI is InChI=1S/C28H34N2O5/c1-17(27(33)30-25-14-8-3-9-19(25)15-26(31)32)18(2)29-28(34)35-16-24-22-12-6-4-10-20(22)21-11-5-7-13-23(21)24/h4-7,10-13,17-19,24-25H,3,8-9,14-16H2,1-2H3,(H,29,34)(H,30,33)(H,31,32)/t17?,18?,19-,25-/m1/s1. The summed E-state index contributed by atoms with van der Waals surface area (Å²) in [6.45, 7) is 3.76. The van der Waals surface area contributed by atoms with Gasteiger partial charge in [-0.25, -0.2) is 4.79 Å². The third kappa shape index (κ3) is 5.66. The van der Waals surface area contributed by atoms with Crippen molar-refractivity contribution >= 4 is 18.0 Å². The molecule has 4 atom stereocenters. The van der Waals surface area contributed by atoms with Gasteiger partial charge in [0.15, 0.2) is 0 Å². The van der Waals surface area contributed by atoms with Crippen LogP contribution in [-0.2, 0) is 14.3 Å². The lowest BCUT2D eigenvalue weighted by Crippen LogP contribution is -2.49. The third-order valence-corrected chi connectivity index (χ3v) is 7.53. The Hall–Kier alpha value is -3.35. The van der Waals surface area contributed by atoms with Crippen LogP contribution in [0.4, 0.5) is 4.79 Å². The molecule has 0 radical (unpaired) electrons. The average Bonchev–Trinajstić information content (AvgIpc) is 3.17. The summed E-state index contributed by atoms with van der Waals surface area (Å²) in [6, 6.07) is 15.7. The molecule has 1 fully saturated rings. The largest absolute Gasteiger partial charge is 0.481 e. The number of alkyl carbamates (subject to hydrolysis) is 1. The van der Waals surface area contributed by atoms with Crippen LogP contribution in [0.2, 0.25) is 0 Å². The number of hydrogen-bond acceptors (Lipinski definition) is 4. The number of carbonyl (C=O) groups is 3. The molecule has 2 aliphatic rings. The minimum atomic E-state index is -0.838. The van der Waals surface area contributed by atoms with Gasteiger partial charge in [-0.3, -0.25) is 9.59 Å². The number of benzene rings is 2. The smallest absolute Gasteiger partial charge is 0.407 e. The van der Waals surface area contributed by atoms with Crippen molar-refractivity contribution in [2.75, 3.05) is 6.61 Å². The first kappa shape index (κ1) is 24.8. The van der Waals surface area contributed by atoms with Gasteiger partial charge < -0.3 is 20.5 Å². The van der Waals surface area contributed by atoms with Gasteiger partial charge in [0, 0.05) is 18.0 Å². The van der Waals surface area contributed by atoms with Gasteiger partial charge in [-0.05, 0) is 47.9 Å². The lowest BCUT2D eigenvalue weighted by atomic mass is 9.82. The van der Waals surface area contributed by atoms with E-state index in [4.69, 9.17) is 4.74 Å². The third-order valence-electron chi connectivity index (χ3n) is 7.53. The molecule has 3 N–H and O–H groups in total. The predicted molar refractivity (Wildman–Crippen MR) is 133 cm³/mol. The summed E-state index contributed by atoms with van der Waals surface area (Å²) >= 11 is 0. The number of fused-ring (bicyclic) bond motifs is 3. The Bertz CT molecular complexity index is 1040. The van der Waals surface area contributed by atoms with Gasteiger partial charge in [0.25, 0.3) is 0 Å². The molecule has 0 aromatic heterocycles. The van der Waals surface area contributed by atoms with E-state index in [1.807, 2.05) is 24.3 Å². The minimum absolute atomic E-state index is 0.0263. The molecule has 1 saturated carbocycles. The van der Waals surface area contributed by atoms with E-state index in [2.05, 4.69) is 34.9 Å². The highest BCUT2D eigenvalue weighted by molar-refractivity contribution is 5.81. The molecule has 0 saturated heterocycles. The highest BCUT2D eigenvalue weighted by Crippen LogP contribution is 2.44. The second-order valence-electron chi connectivity index (χ2n) is 9.80. The first-order valence-corrected chi connectivity index (χ1v) is 12.5. The maximum Gasteiger partial charge on any atom is 0.407 e. The number of carboxylic acid groups (broad SMARTS) is 1. The van der Waals surface area contributed by atoms with Gasteiger partial charge in [0.2, 0.25) is 5.91 Å². The molecule has 7 nitrogen and oxygen atoms in total. The number of hydrogen-bond donors (Lipinski definition) is 3. The average molecular weight is 479 g/mol. The molecular weight excluding hydrogens is 444 g/mol. The van der Waals surface area contributed by atoms with Gasteiger partial charge in [-0.2, -0.15) is 0 Å². The number of rotatable bonds is 8. The van der Waals surface area contributed by atoms with Crippen LogP contribution in [0.5, 0.6) is 0 Å². The number of amides is 2. The van der Waals surface area contributed by atoms with Crippen LogP contribution in [0.25, 0.3) is 11.1 Å². The zero-order chi connectivity index (χ0) is 24.9. The van der Waals surface area contributed by atoms with E-state index >= 15 is 0 Å². The molecule has 35 heavy (non-hydrogen) atoms. The summed E-state index contributed by atoms with van der Waals surface area (Å²) in [5.41, 5.74) is 4.62. The molecule has 2 unspecified atom stereocenters. The lowest BCUT2D eigenvalue weighted by molar-refractivity contribution is -0.139. The Morgan fingerprint density at radius 2 is 1.57 bits per heavy atom. The van der Waals surface area contributed by atoms with E-state index in [0.717, 1.165) is 36.8 Å². The molecular formula is C28H34N2O5. The Kier molecular flexibility index (Phi) is 7.73. The quantitative estimate of drug-likeness (QED) is 0.510. The van der Waals surface area contributed by atoms with E-state index in [-0.39, 0.29) is 36.8 Å². The Balaban J connectivity index is 1.30. The number of carbonyl (C=O) groups excluding carboxylic acids is 2. The van der Waals surface area contributed by atoms with Crippen LogP contribution in [0, 0.1) is 11.8 Å². The van der Waals surface area contributed by atoms with Gasteiger partial charge in [-0.1, -0.05) is 68.3 Å². The Labute approximate surface area is 206 Å². The van der Waals surface area contributed by atoms with E-state index in [1.54, 1.807) is 13.8 Å². The summed E-state index contributed by atoms with van der Waals surface area (Å²) in [4.78, 5) is 36.6. The lowest BCUT2D eigenvalue weighted by Gasteiger charge is -2.33. The van der Waals surface area contributed by atoms with Crippen molar-refractivity contribution in [3.8, 4) is 11.1 Å². The van der Waals surface area contributed by atoms with E-state index < -0.39 is 24.0 Å². The first-order chi connectivity index (χ1) is 16.8. The predicted octanol–water partition coefficient (Wildman–Crippen LogP) is 4.70. The Morgan fingerprint density at radius 1 is 0.971 bits per heavy atom. The topological polar surface area (TPSA) is 105 Å². The summed E-state index contributed by atoms with van der Waals surface area (Å²) in [6.07, 6.45) is 3.06. The van der Waals surface area contributed by atoms with Crippen molar-refractivity contribution < 1.29 is 24.2 Å². The van der Waals surface area contributed by atoms with Crippen LogP contribution in [0.3, 0.4) is 0 Å². The van der Waals surface area contributed by atoms with Crippen LogP contribution >= 0.6 is 0 Å². The van der Waals surface area contributed by atoms with Crippen molar-refractivity contribution in [2.24, 2.45) is 11.8 Å². The highest BCUT2D eigenvalue weighted by atomic mass is 16.5. The summed E-state index contributed by atoms with van der Waals surface area (Å²) in [7, 11) is 0. The SMILES string of the molecule is CC(NC(=O)OCC1c2ccccc2-c2ccccc21)C(C)C(=O)N[C@@H]1CCCC[C@@H]1CC(=O)O. The van der Waals surface area contributed by atoms with E-state index in [9.17, 15) is 19.5 Å². The maximum atomic E-state index is 12.9. The zero-order valence-electron chi connectivity index (χ0n) is 20.3. The molecule has 2 aromatic rings. The fourth-order valence-corrected chi connectivity index (χ4v) is 5.36. The van der Waals surface area contributed by atoms with Gasteiger partial charge in [0.1, 0.15) is 6.61 Å². The molecule has 0 spiro atoms. The monoisotopic (exact) mass is 478 g/mol. The number of aliphatic carboxylic acids is 1. The maximum absolute atomic E-state index is 12.9. The summed E-state index contributed by atoms with van der Waals surface area (Å²) < 4.78 is 5.60. The van der Waals surface area contributed by atoms with Crippen LogP contribution in [0.1, 0.15) is 63.0 Å². The minimum Gasteiger partial charge on any atom is -0.481 e. The molecule has 0 bridgehead atoms. The first-order valence-electron chi connectivity index (χ1n) is 12.5. The zero-order valence-corrected chi connectivity index (χ0v) is 20.3. The van der Waals surface area contributed by atoms with Crippen molar-refractivity contribution in [3.05, 3.63) is 59.7 Å². The fraction of sp³-hybridized carbons (Fsp3) is 0.464. The normalized spacial score (nSPS) is 20.7. The van der Waals surface area contributed by atoms with Crippen molar-refractivity contribution in [1.29, 1.82) is 0 Å². The molecule has 2 amide bonds. The van der Waals surface area contributed by atoms with Crippen LogP contribution in [-0.4, -0.2) is 41.8 Å². The van der Waals surface area contributed by atoms with Gasteiger partial charge >= 0.3 is 12.1 Å². The highest BCUT2D eigenvalue weighted by Gasteiger charge is 2.32. The number of nitrogens with one attached hydrogen (secondary N) is 2. The van der Waals surface area contributed by atoms with E-state index in [0.29, 0.717) is 0 Å². The van der Waals surface area contributed by atoms with Gasteiger partial charge in [-0.15, -0.1) is 0 Å². The molecule has 2 aliphatic carbocycles. The second-order valence-corrected chi connectivity index (χ2v) is 9.80. The molecule has 186 valence electrons. The number of ether oxygens (including phenoxy) is 1. The Morgan fingerprint density at radius 3 is 2.20 bits per heavy atom. The van der Waals surface area contributed by atoms with Crippen LogP contribution < -0.4 is 10.6 Å². The van der Waals surface area contributed by atoms with Crippen LogP contribution in [0.15, 0.2) is 48.5 Å². The van der Waals surface area contributed by atoms with Crippen molar-refractivity contribution in [3.63, 3.8) is 0 Å². The molecule has 0 aliphatic heterocycles. The fourth-order valence-electron chi connectivity index (χ4n) is 5.36. The van der Waals surface area contributed by atoms with E-state index in [1.165, 1.54) is 11.1 Å². The second kappa shape index (κ2) is 10.9. The van der Waals surface area contributed by atoms with Gasteiger partial charge in [0.05, 0.1) is 12.3 Å². The van der Waals surface area contributed by atoms with Crippen molar-refractivity contribution in [1.82, 2.24) is 10.6 Å². The summed E-state index contributed by atoms with van der Waals surface area (Å²) in [5.74, 6) is -1.58. The van der Waals surface area contributed by atoms with Crippen molar-refractivity contribution in [2.45, 2.75) is 64.0 Å². The number of carboxylic acids is 1. The molecule has 4 rings (SSSR count). The molecule has 2 aromatic carbocycles. The summed E-state index contributed by atoms with van der Waals surface area (Å²) in [5, 5.41) is 15.0. The molecule has 7 heteroatoms.